The summed E-state index contributed by atoms with van der Waals surface area (Å²) in [5.41, 5.74) is 0.271. The topological polar surface area (TPSA) is 75.3 Å². The predicted molar refractivity (Wildman–Crippen MR) is 52.9 cm³/mol. The molecule has 1 aromatic rings. The standard InChI is InChI=1S/C8H11BrN2O3/c1-4(2)11-6(5(9)3-10-11)7(12)8(13)14/h3-4,7,12H,1-2H3,(H,13,14). The minimum absolute atomic E-state index is 0.00491. The van der Waals surface area contributed by atoms with Gasteiger partial charge in [0.05, 0.1) is 16.4 Å². The van der Waals surface area contributed by atoms with E-state index in [0.717, 1.165) is 0 Å². The fourth-order valence-electron chi connectivity index (χ4n) is 1.14. The summed E-state index contributed by atoms with van der Waals surface area (Å²) in [5.74, 6) is -1.28. The van der Waals surface area contributed by atoms with Crippen molar-refractivity contribution in [3.63, 3.8) is 0 Å². The van der Waals surface area contributed by atoms with Gasteiger partial charge in [-0.2, -0.15) is 5.10 Å². The summed E-state index contributed by atoms with van der Waals surface area (Å²) >= 11 is 3.15. The zero-order valence-electron chi connectivity index (χ0n) is 7.81. The normalized spacial score (nSPS) is 13.2. The van der Waals surface area contributed by atoms with Crippen molar-refractivity contribution in [3.05, 3.63) is 16.4 Å². The lowest BCUT2D eigenvalue weighted by molar-refractivity contribution is -0.147. The third kappa shape index (κ3) is 1.96. The first kappa shape index (κ1) is 11.2. The molecule has 1 rings (SSSR count). The molecular formula is C8H11BrN2O3. The molecule has 0 radical (unpaired) electrons. The maximum Gasteiger partial charge on any atom is 0.338 e. The molecule has 5 nitrogen and oxygen atoms in total. The Bertz CT molecular complexity index is 348. The van der Waals surface area contributed by atoms with Crippen LogP contribution in [0, 0.1) is 0 Å². The van der Waals surface area contributed by atoms with E-state index in [1.165, 1.54) is 10.9 Å². The molecule has 14 heavy (non-hydrogen) atoms. The Morgan fingerprint density at radius 2 is 2.21 bits per heavy atom. The maximum atomic E-state index is 10.6. The molecule has 0 fully saturated rings. The van der Waals surface area contributed by atoms with E-state index in [1.807, 2.05) is 13.8 Å². The van der Waals surface area contributed by atoms with E-state index in [9.17, 15) is 9.90 Å². The Morgan fingerprint density at radius 3 is 2.64 bits per heavy atom. The first-order chi connectivity index (χ1) is 6.45. The Morgan fingerprint density at radius 1 is 1.64 bits per heavy atom. The van der Waals surface area contributed by atoms with E-state index in [-0.39, 0.29) is 11.7 Å². The molecule has 78 valence electrons. The highest BCUT2D eigenvalue weighted by Gasteiger charge is 2.24. The lowest BCUT2D eigenvalue weighted by atomic mass is 10.2. The number of carboxylic acids is 1. The summed E-state index contributed by atoms with van der Waals surface area (Å²) in [6.07, 6.45) is -0.0733. The summed E-state index contributed by atoms with van der Waals surface area (Å²) in [7, 11) is 0. The molecule has 1 atom stereocenters. The molecule has 0 aromatic carbocycles. The largest absolute Gasteiger partial charge is 0.479 e. The number of rotatable bonds is 3. The molecule has 0 spiro atoms. The molecular weight excluding hydrogens is 252 g/mol. The molecule has 0 saturated heterocycles. The van der Waals surface area contributed by atoms with Gasteiger partial charge in [-0.1, -0.05) is 0 Å². The lowest BCUT2D eigenvalue weighted by Crippen LogP contribution is -2.17. The Hall–Kier alpha value is -0.880. The Balaban J connectivity index is 3.17. The first-order valence-electron chi connectivity index (χ1n) is 4.09. The number of carboxylic acid groups (broad SMARTS) is 1. The average molecular weight is 263 g/mol. The van der Waals surface area contributed by atoms with E-state index >= 15 is 0 Å². The van der Waals surface area contributed by atoms with Gasteiger partial charge in [0.25, 0.3) is 0 Å². The maximum absolute atomic E-state index is 10.6. The molecule has 0 bridgehead atoms. The molecule has 0 amide bonds. The van der Waals surface area contributed by atoms with Crippen molar-refractivity contribution in [2.24, 2.45) is 0 Å². The Kier molecular flexibility index (Phi) is 3.28. The van der Waals surface area contributed by atoms with Gasteiger partial charge in [-0.05, 0) is 29.8 Å². The monoisotopic (exact) mass is 262 g/mol. The molecule has 1 unspecified atom stereocenters. The van der Waals surface area contributed by atoms with Crippen molar-refractivity contribution < 1.29 is 15.0 Å². The second-order valence-corrected chi connectivity index (χ2v) is 4.01. The van der Waals surface area contributed by atoms with E-state index in [1.54, 1.807) is 0 Å². The number of carbonyl (C=O) groups is 1. The van der Waals surface area contributed by atoms with Crippen LogP contribution in [0.25, 0.3) is 0 Å². The van der Waals surface area contributed by atoms with Gasteiger partial charge in [0, 0.05) is 6.04 Å². The van der Waals surface area contributed by atoms with Crippen molar-refractivity contribution in [1.29, 1.82) is 0 Å². The van der Waals surface area contributed by atoms with Crippen LogP contribution in [0.3, 0.4) is 0 Å². The van der Waals surface area contributed by atoms with Crippen molar-refractivity contribution in [3.8, 4) is 0 Å². The number of halogens is 1. The number of aliphatic carboxylic acids is 1. The van der Waals surface area contributed by atoms with Crippen LogP contribution in [0.4, 0.5) is 0 Å². The van der Waals surface area contributed by atoms with Crippen LogP contribution < -0.4 is 0 Å². The Labute approximate surface area is 89.5 Å². The van der Waals surface area contributed by atoms with Gasteiger partial charge in [0.1, 0.15) is 0 Å². The molecule has 1 aromatic heterocycles. The highest BCUT2D eigenvalue weighted by Crippen LogP contribution is 2.25. The van der Waals surface area contributed by atoms with Crippen LogP contribution in [-0.4, -0.2) is 26.0 Å². The summed E-state index contributed by atoms with van der Waals surface area (Å²) in [6, 6.07) is 0.00491. The number of aliphatic hydroxyl groups excluding tert-OH is 1. The number of aliphatic hydroxyl groups is 1. The molecule has 0 saturated carbocycles. The van der Waals surface area contributed by atoms with E-state index in [2.05, 4.69) is 21.0 Å². The molecule has 0 aliphatic heterocycles. The van der Waals surface area contributed by atoms with E-state index in [4.69, 9.17) is 5.11 Å². The third-order valence-corrected chi connectivity index (χ3v) is 2.38. The quantitative estimate of drug-likeness (QED) is 0.862. The van der Waals surface area contributed by atoms with Gasteiger partial charge in [0.2, 0.25) is 0 Å². The average Bonchev–Trinajstić information content (AvgIpc) is 2.45. The van der Waals surface area contributed by atoms with Crippen LogP contribution in [0.15, 0.2) is 10.7 Å². The highest BCUT2D eigenvalue weighted by atomic mass is 79.9. The first-order valence-corrected chi connectivity index (χ1v) is 4.88. The van der Waals surface area contributed by atoms with E-state index < -0.39 is 12.1 Å². The number of hydrogen-bond donors (Lipinski definition) is 2. The van der Waals surface area contributed by atoms with Crippen molar-refractivity contribution in [1.82, 2.24) is 9.78 Å². The molecule has 0 aliphatic rings. The smallest absolute Gasteiger partial charge is 0.338 e. The van der Waals surface area contributed by atoms with Crippen LogP contribution in [0.1, 0.15) is 31.7 Å². The fraction of sp³-hybridized carbons (Fsp3) is 0.500. The van der Waals surface area contributed by atoms with Gasteiger partial charge in [-0.25, -0.2) is 4.79 Å². The number of hydrogen-bond acceptors (Lipinski definition) is 3. The molecule has 0 aliphatic carbocycles. The van der Waals surface area contributed by atoms with Crippen LogP contribution in [0.5, 0.6) is 0 Å². The van der Waals surface area contributed by atoms with Gasteiger partial charge < -0.3 is 10.2 Å². The number of nitrogens with zero attached hydrogens (tertiary/aromatic N) is 2. The summed E-state index contributed by atoms with van der Waals surface area (Å²) < 4.78 is 1.98. The summed E-state index contributed by atoms with van der Waals surface area (Å²) in [5, 5.41) is 22.0. The minimum Gasteiger partial charge on any atom is -0.479 e. The zero-order valence-corrected chi connectivity index (χ0v) is 9.39. The van der Waals surface area contributed by atoms with Gasteiger partial charge in [-0.15, -0.1) is 0 Å². The van der Waals surface area contributed by atoms with Gasteiger partial charge >= 0.3 is 5.97 Å². The molecule has 1 heterocycles. The van der Waals surface area contributed by atoms with E-state index in [0.29, 0.717) is 4.47 Å². The predicted octanol–water partition coefficient (Wildman–Crippen LogP) is 1.34. The fourth-order valence-corrected chi connectivity index (χ4v) is 1.63. The SMILES string of the molecule is CC(C)n1ncc(Br)c1C(O)C(=O)O. The van der Waals surface area contributed by atoms with Gasteiger partial charge in [-0.3, -0.25) is 4.68 Å². The minimum atomic E-state index is -1.55. The van der Waals surface area contributed by atoms with Crippen molar-refractivity contribution >= 4 is 21.9 Å². The summed E-state index contributed by atoms with van der Waals surface area (Å²) in [6.45, 7) is 3.72. The van der Waals surface area contributed by atoms with Crippen molar-refractivity contribution in [2.45, 2.75) is 26.0 Å². The van der Waals surface area contributed by atoms with Crippen LogP contribution in [-0.2, 0) is 4.79 Å². The second-order valence-electron chi connectivity index (χ2n) is 3.16. The molecule has 6 heteroatoms. The van der Waals surface area contributed by atoms with Crippen LogP contribution in [0.2, 0.25) is 0 Å². The van der Waals surface area contributed by atoms with Crippen molar-refractivity contribution in [2.75, 3.05) is 0 Å². The third-order valence-electron chi connectivity index (χ3n) is 1.77. The highest BCUT2D eigenvalue weighted by molar-refractivity contribution is 9.10. The lowest BCUT2D eigenvalue weighted by Gasteiger charge is -2.13. The zero-order chi connectivity index (χ0) is 10.9. The number of aromatic nitrogens is 2. The summed E-state index contributed by atoms with van der Waals surface area (Å²) in [4.78, 5) is 10.6. The van der Waals surface area contributed by atoms with Gasteiger partial charge in [0.15, 0.2) is 6.10 Å². The van der Waals surface area contributed by atoms with Crippen LogP contribution >= 0.6 is 15.9 Å². The second kappa shape index (κ2) is 4.10. The molecule has 2 N–H and O–H groups in total.